The molecule has 5 rings (SSSR count). The number of anilines is 1. The maximum Gasteiger partial charge on any atom is 0.257 e. The molecule has 2 aliphatic heterocycles. The fourth-order valence-corrected chi connectivity index (χ4v) is 3.88. The van der Waals surface area contributed by atoms with Crippen molar-refractivity contribution in [2.24, 2.45) is 0 Å². The zero-order chi connectivity index (χ0) is 18.2. The summed E-state index contributed by atoms with van der Waals surface area (Å²) in [6.07, 6.45) is 4.12. The number of nitrogens with zero attached hydrogens (tertiary/aromatic N) is 4. The maximum absolute atomic E-state index is 13.0. The van der Waals surface area contributed by atoms with Gasteiger partial charge in [0.25, 0.3) is 5.91 Å². The number of amides is 1. The molecule has 3 aromatic rings. The van der Waals surface area contributed by atoms with Crippen molar-refractivity contribution in [3.05, 3.63) is 53.5 Å². The van der Waals surface area contributed by atoms with Gasteiger partial charge < -0.3 is 19.5 Å². The Morgan fingerprint density at radius 2 is 1.85 bits per heavy atom. The van der Waals surface area contributed by atoms with Crippen molar-refractivity contribution in [1.29, 1.82) is 0 Å². The van der Waals surface area contributed by atoms with Gasteiger partial charge in [-0.05, 0) is 6.07 Å². The van der Waals surface area contributed by atoms with Crippen LogP contribution in [0.25, 0.3) is 10.9 Å². The van der Waals surface area contributed by atoms with Crippen molar-refractivity contribution < 1.29 is 9.53 Å². The third kappa shape index (κ3) is 2.94. The van der Waals surface area contributed by atoms with Crippen molar-refractivity contribution in [2.45, 2.75) is 13.0 Å². The summed E-state index contributed by atoms with van der Waals surface area (Å²) in [4.78, 5) is 29.2. The van der Waals surface area contributed by atoms with Gasteiger partial charge in [0.2, 0.25) is 5.95 Å². The SMILES string of the molecule is O=C(c1cnc(N2CCOCC2)nc1)N1CCc2[nH]c3ccccc3c2C1. The number of ether oxygens (including phenoxy) is 1. The van der Waals surface area contributed by atoms with E-state index in [9.17, 15) is 4.79 Å². The molecule has 0 bridgehead atoms. The highest BCUT2D eigenvalue weighted by molar-refractivity contribution is 5.94. The molecule has 1 amide bonds. The van der Waals surface area contributed by atoms with Crippen LogP contribution in [-0.4, -0.2) is 58.6 Å². The Bertz CT molecular complexity index is 976. The lowest BCUT2D eigenvalue weighted by molar-refractivity contribution is 0.0734. The van der Waals surface area contributed by atoms with Crippen LogP contribution in [0.5, 0.6) is 0 Å². The summed E-state index contributed by atoms with van der Waals surface area (Å²) in [6, 6.07) is 8.26. The molecule has 7 heteroatoms. The third-order valence-electron chi connectivity index (χ3n) is 5.35. The molecule has 138 valence electrons. The molecule has 1 N–H and O–H groups in total. The number of fused-ring (bicyclic) bond motifs is 3. The Hall–Kier alpha value is -2.93. The molecule has 2 aliphatic rings. The van der Waals surface area contributed by atoms with E-state index in [4.69, 9.17) is 4.74 Å². The molecule has 0 atom stereocenters. The lowest BCUT2D eigenvalue weighted by atomic mass is 10.0. The number of para-hydroxylation sites is 1. The summed E-state index contributed by atoms with van der Waals surface area (Å²) in [6.45, 7) is 4.24. The summed E-state index contributed by atoms with van der Waals surface area (Å²) in [5.74, 6) is 0.645. The number of aromatic nitrogens is 3. The fourth-order valence-electron chi connectivity index (χ4n) is 3.88. The summed E-state index contributed by atoms with van der Waals surface area (Å²) in [5.41, 5.74) is 4.13. The van der Waals surface area contributed by atoms with E-state index in [2.05, 4.69) is 32.0 Å². The summed E-state index contributed by atoms with van der Waals surface area (Å²) in [7, 11) is 0. The van der Waals surface area contributed by atoms with Gasteiger partial charge in [-0.3, -0.25) is 4.79 Å². The maximum atomic E-state index is 13.0. The van der Waals surface area contributed by atoms with Crippen molar-refractivity contribution >= 4 is 22.8 Å². The molecule has 4 heterocycles. The lowest BCUT2D eigenvalue weighted by Crippen LogP contribution is -2.38. The van der Waals surface area contributed by atoms with Crippen molar-refractivity contribution in [3.8, 4) is 0 Å². The second-order valence-corrected chi connectivity index (χ2v) is 6.98. The fraction of sp³-hybridized carbons (Fsp3) is 0.350. The summed E-state index contributed by atoms with van der Waals surface area (Å²) >= 11 is 0. The van der Waals surface area contributed by atoms with E-state index in [-0.39, 0.29) is 5.91 Å². The van der Waals surface area contributed by atoms with Gasteiger partial charge in [0.05, 0.1) is 18.8 Å². The van der Waals surface area contributed by atoms with Gasteiger partial charge >= 0.3 is 0 Å². The summed E-state index contributed by atoms with van der Waals surface area (Å²) in [5, 5.41) is 1.20. The largest absolute Gasteiger partial charge is 0.378 e. The van der Waals surface area contributed by atoms with Gasteiger partial charge in [0.15, 0.2) is 0 Å². The van der Waals surface area contributed by atoms with Crippen molar-refractivity contribution in [1.82, 2.24) is 19.9 Å². The minimum absolute atomic E-state index is 0.0144. The Labute approximate surface area is 157 Å². The molecular weight excluding hydrogens is 342 g/mol. The lowest BCUT2D eigenvalue weighted by Gasteiger charge is -2.28. The van der Waals surface area contributed by atoms with Crippen molar-refractivity contribution in [2.75, 3.05) is 37.7 Å². The normalized spacial score (nSPS) is 17.2. The molecule has 1 fully saturated rings. The van der Waals surface area contributed by atoms with Crippen LogP contribution in [0.15, 0.2) is 36.7 Å². The molecule has 0 saturated carbocycles. The standard InChI is InChI=1S/C20H21N5O2/c26-19(14-11-21-20(22-12-14)24-7-9-27-10-8-24)25-6-5-18-16(13-25)15-3-1-2-4-17(15)23-18/h1-4,11-12,23H,5-10,13H2. The van der Waals surface area contributed by atoms with Gasteiger partial charge in [-0.15, -0.1) is 0 Å². The number of nitrogens with one attached hydrogen (secondary N) is 1. The van der Waals surface area contributed by atoms with Crippen LogP contribution in [-0.2, 0) is 17.7 Å². The Kier molecular flexibility index (Phi) is 4.01. The van der Waals surface area contributed by atoms with Crippen LogP contribution >= 0.6 is 0 Å². The second kappa shape index (κ2) is 6.66. The molecule has 0 unspecified atom stereocenters. The first-order chi connectivity index (χ1) is 13.3. The molecule has 1 aromatic carbocycles. The number of morpholine rings is 1. The number of aromatic amines is 1. The average molecular weight is 363 g/mol. The highest BCUT2D eigenvalue weighted by Crippen LogP contribution is 2.28. The van der Waals surface area contributed by atoms with E-state index in [1.54, 1.807) is 12.4 Å². The van der Waals surface area contributed by atoms with E-state index in [1.807, 2.05) is 17.0 Å². The van der Waals surface area contributed by atoms with Crippen molar-refractivity contribution in [3.63, 3.8) is 0 Å². The van der Waals surface area contributed by atoms with Crippen LogP contribution in [0.2, 0.25) is 0 Å². The summed E-state index contributed by atoms with van der Waals surface area (Å²) < 4.78 is 5.35. The third-order valence-corrected chi connectivity index (χ3v) is 5.35. The first kappa shape index (κ1) is 16.3. The van der Waals surface area contributed by atoms with E-state index in [0.717, 1.165) is 25.0 Å². The highest BCUT2D eigenvalue weighted by Gasteiger charge is 2.25. The first-order valence-electron chi connectivity index (χ1n) is 9.32. The Morgan fingerprint density at radius 1 is 1.07 bits per heavy atom. The van der Waals surface area contributed by atoms with Crippen LogP contribution in [0.3, 0.4) is 0 Å². The molecule has 0 spiro atoms. The number of hydrogen-bond donors (Lipinski definition) is 1. The van der Waals surface area contributed by atoms with E-state index >= 15 is 0 Å². The van der Waals surface area contributed by atoms with Gasteiger partial charge in [0.1, 0.15) is 0 Å². The zero-order valence-electron chi connectivity index (χ0n) is 15.0. The predicted molar refractivity (Wildman–Crippen MR) is 102 cm³/mol. The van der Waals surface area contributed by atoms with E-state index in [0.29, 0.717) is 37.8 Å². The van der Waals surface area contributed by atoms with Crippen LogP contribution < -0.4 is 4.90 Å². The quantitative estimate of drug-likeness (QED) is 0.754. The monoisotopic (exact) mass is 363 g/mol. The number of carbonyl (C=O) groups excluding carboxylic acids is 1. The minimum atomic E-state index is -0.0144. The first-order valence-corrected chi connectivity index (χ1v) is 9.32. The molecular formula is C20H21N5O2. The predicted octanol–water partition coefficient (Wildman–Crippen LogP) is 1.99. The molecule has 0 aliphatic carbocycles. The molecule has 0 radical (unpaired) electrons. The zero-order valence-corrected chi connectivity index (χ0v) is 15.0. The number of benzene rings is 1. The van der Waals surface area contributed by atoms with Crippen LogP contribution in [0, 0.1) is 0 Å². The molecule has 7 nitrogen and oxygen atoms in total. The van der Waals surface area contributed by atoms with E-state index < -0.39 is 0 Å². The Morgan fingerprint density at radius 3 is 2.67 bits per heavy atom. The van der Waals surface area contributed by atoms with E-state index in [1.165, 1.54) is 16.6 Å². The van der Waals surface area contributed by atoms with Gasteiger partial charge in [-0.25, -0.2) is 9.97 Å². The Balaban J connectivity index is 1.35. The number of hydrogen-bond acceptors (Lipinski definition) is 5. The molecule has 27 heavy (non-hydrogen) atoms. The topological polar surface area (TPSA) is 74.4 Å². The van der Waals surface area contributed by atoms with Crippen LogP contribution in [0.1, 0.15) is 21.6 Å². The molecule has 1 saturated heterocycles. The molecule has 2 aromatic heterocycles. The second-order valence-electron chi connectivity index (χ2n) is 6.98. The van der Waals surface area contributed by atoms with Crippen LogP contribution in [0.4, 0.5) is 5.95 Å². The van der Waals surface area contributed by atoms with Gasteiger partial charge in [-0.1, -0.05) is 18.2 Å². The number of rotatable bonds is 2. The van der Waals surface area contributed by atoms with Gasteiger partial charge in [-0.2, -0.15) is 0 Å². The average Bonchev–Trinajstić information content (AvgIpc) is 3.12. The number of H-pyrrole nitrogens is 1. The number of carbonyl (C=O) groups is 1. The smallest absolute Gasteiger partial charge is 0.257 e. The minimum Gasteiger partial charge on any atom is -0.378 e. The highest BCUT2D eigenvalue weighted by atomic mass is 16.5. The van der Waals surface area contributed by atoms with Gasteiger partial charge in [0, 0.05) is 67.2 Å².